The number of H-pyrrole nitrogens is 1. The van der Waals surface area contributed by atoms with Crippen molar-refractivity contribution in [2.45, 2.75) is 19.9 Å². The minimum absolute atomic E-state index is 0.310. The molecule has 0 saturated carbocycles. The predicted octanol–water partition coefficient (Wildman–Crippen LogP) is 1.21. The van der Waals surface area contributed by atoms with Crippen molar-refractivity contribution in [2.24, 2.45) is 0 Å². The van der Waals surface area contributed by atoms with E-state index in [1.54, 1.807) is 13.2 Å². The Balaban J connectivity index is 2.37. The van der Waals surface area contributed by atoms with Crippen molar-refractivity contribution in [2.75, 3.05) is 17.7 Å². The molecule has 0 saturated heterocycles. The van der Waals surface area contributed by atoms with Crippen LogP contribution in [0.15, 0.2) is 6.20 Å². The average Bonchev–Trinajstić information content (AvgIpc) is 2.58. The summed E-state index contributed by atoms with van der Waals surface area (Å²) in [5, 5.41) is 6.05. The lowest BCUT2D eigenvalue weighted by molar-refractivity contribution is 0.877. The number of nitrogens with zero attached hydrogens (tertiary/aromatic N) is 3. The molecule has 2 aromatic heterocycles. The van der Waals surface area contributed by atoms with Gasteiger partial charge in [-0.2, -0.15) is 9.97 Å². The predicted molar refractivity (Wildman–Crippen MR) is 60.0 cm³/mol. The first-order valence-corrected chi connectivity index (χ1v) is 4.86. The molecule has 0 radical (unpaired) electrons. The Labute approximate surface area is 87.5 Å². The van der Waals surface area contributed by atoms with Gasteiger partial charge in [0.1, 0.15) is 5.52 Å². The van der Waals surface area contributed by atoms with Gasteiger partial charge in [0, 0.05) is 13.1 Å². The summed E-state index contributed by atoms with van der Waals surface area (Å²) in [4.78, 5) is 15.7. The quantitative estimate of drug-likeness (QED) is 0.703. The highest BCUT2D eigenvalue weighted by Crippen LogP contribution is 2.12. The van der Waals surface area contributed by atoms with Gasteiger partial charge in [0.15, 0.2) is 5.65 Å². The number of fused-ring (bicyclic) bond motifs is 1. The molecule has 0 spiro atoms. The number of hydrogen-bond donors (Lipinski definition) is 3. The molecule has 0 unspecified atom stereocenters. The normalized spacial score (nSPS) is 10.9. The van der Waals surface area contributed by atoms with Crippen molar-refractivity contribution in [1.82, 2.24) is 19.9 Å². The summed E-state index contributed by atoms with van der Waals surface area (Å²) >= 11 is 0. The number of nitrogens with one attached hydrogen (secondary N) is 3. The first-order valence-electron chi connectivity index (χ1n) is 4.86. The van der Waals surface area contributed by atoms with Crippen molar-refractivity contribution in [3.8, 4) is 0 Å². The molecule has 0 aliphatic heterocycles. The topological polar surface area (TPSA) is 78.5 Å². The lowest BCUT2D eigenvalue weighted by Gasteiger charge is -2.06. The van der Waals surface area contributed by atoms with Crippen molar-refractivity contribution < 1.29 is 0 Å². The van der Waals surface area contributed by atoms with Crippen molar-refractivity contribution in [3.63, 3.8) is 0 Å². The number of anilines is 2. The molecule has 6 heteroatoms. The molecular formula is C9H14N6. The van der Waals surface area contributed by atoms with Gasteiger partial charge in [0.25, 0.3) is 0 Å². The standard InChI is InChI=1S/C9H14N6/c1-5(2)12-9-11-4-6-7(15-9)14-8(10-3)13-6/h4-5H,1-3H3,(H3,10,11,12,13,14,15). The van der Waals surface area contributed by atoms with Gasteiger partial charge >= 0.3 is 0 Å². The second kappa shape index (κ2) is 3.72. The van der Waals surface area contributed by atoms with Crippen LogP contribution in [0.1, 0.15) is 13.8 Å². The third kappa shape index (κ3) is 1.98. The Morgan fingerprint density at radius 1 is 1.33 bits per heavy atom. The Kier molecular flexibility index (Phi) is 2.40. The van der Waals surface area contributed by atoms with Crippen LogP contribution in [-0.2, 0) is 0 Å². The van der Waals surface area contributed by atoms with Crippen LogP contribution in [0.4, 0.5) is 11.9 Å². The molecule has 0 aromatic carbocycles. The number of aromatic amines is 1. The SMILES string of the molecule is CNc1nc2nc(NC(C)C)ncc2[nH]1. The fourth-order valence-corrected chi connectivity index (χ4v) is 1.25. The maximum absolute atomic E-state index is 4.28. The largest absolute Gasteiger partial charge is 0.359 e. The van der Waals surface area contributed by atoms with Crippen molar-refractivity contribution in [3.05, 3.63) is 6.20 Å². The molecule has 0 bridgehead atoms. The Hall–Kier alpha value is -1.85. The van der Waals surface area contributed by atoms with E-state index in [2.05, 4.69) is 30.6 Å². The number of imidazole rings is 1. The molecule has 0 fully saturated rings. The van der Waals surface area contributed by atoms with Crippen LogP contribution < -0.4 is 10.6 Å². The van der Waals surface area contributed by atoms with Crippen LogP contribution in [0.25, 0.3) is 11.2 Å². The summed E-state index contributed by atoms with van der Waals surface area (Å²) < 4.78 is 0. The monoisotopic (exact) mass is 206 g/mol. The van der Waals surface area contributed by atoms with E-state index in [9.17, 15) is 0 Å². The lowest BCUT2D eigenvalue weighted by Crippen LogP contribution is -2.12. The molecule has 2 aromatic rings. The summed E-state index contributed by atoms with van der Waals surface area (Å²) in [5.41, 5.74) is 1.49. The van der Waals surface area contributed by atoms with E-state index in [1.165, 1.54) is 0 Å². The smallest absolute Gasteiger partial charge is 0.225 e. The second-order valence-corrected chi connectivity index (χ2v) is 3.57. The molecule has 15 heavy (non-hydrogen) atoms. The third-order valence-corrected chi connectivity index (χ3v) is 1.89. The van der Waals surface area contributed by atoms with Crippen LogP contribution in [0.3, 0.4) is 0 Å². The zero-order valence-electron chi connectivity index (χ0n) is 9.00. The fourth-order valence-electron chi connectivity index (χ4n) is 1.25. The maximum atomic E-state index is 4.28. The van der Waals surface area contributed by atoms with E-state index >= 15 is 0 Å². The minimum Gasteiger partial charge on any atom is -0.359 e. The molecular weight excluding hydrogens is 192 g/mol. The van der Waals surface area contributed by atoms with E-state index in [-0.39, 0.29) is 0 Å². The van der Waals surface area contributed by atoms with E-state index in [0.29, 0.717) is 23.6 Å². The van der Waals surface area contributed by atoms with E-state index in [4.69, 9.17) is 0 Å². The first kappa shape index (κ1) is 9.70. The number of hydrogen-bond acceptors (Lipinski definition) is 5. The molecule has 0 aliphatic rings. The highest BCUT2D eigenvalue weighted by Gasteiger charge is 2.05. The van der Waals surface area contributed by atoms with E-state index < -0.39 is 0 Å². The zero-order chi connectivity index (χ0) is 10.8. The Morgan fingerprint density at radius 2 is 2.13 bits per heavy atom. The highest BCUT2D eigenvalue weighted by atomic mass is 15.2. The summed E-state index contributed by atoms with van der Waals surface area (Å²) in [7, 11) is 1.80. The first-order chi connectivity index (χ1) is 7.19. The Bertz CT molecular complexity index is 461. The van der Waals surface area contributed by atoms with Gasteiger partial charge in [-0.25, -0.2) is 4.98 Å². The van der Waals surface area contributed by atoms with Crippen LogP contribution in [0.2, 0.25) is 0 Å². The van der Waals surface area contributed by atoms with Gasteiger partial charge < -0.3 is 15.6 Å². The summed E-state index contributed by atoms with van der Waals surface area (Å²) in [6.07, 6.45) is 1.72. The van der Waals surface area contributed by atoms with Gasteiger partial charge in [-0.1, -0.05) is 0 Å². The fraction of sp³-hybridized carbons (Fsp3) is 0.444. The molecule has 0 atom stereocenters. The third-order valence-electron chi connectivity index (χ3n) is 1.89. The summed E-state index contributed by atoms with van der Waals surface area (Å²) in [6, 6.07) is 0.310. The van der Waals surface area contributed by atoms with Gasteiger partial charge in [-0.05, 0) is 13.8 Å². The number of aromatic nitrogens is 4. The van der Waals surface area contributed by atoms with Crippen LogP contribution in [-0.4, -0.2) is 33.0 Å². The van der Waals surface area contributed by atoms with Gasteiger partial charge in [0.2, 0.25) is 11.9 Å². The lowest BCUT2D eigenvalue weighted by atomic mass is 10.4. The minimum atomic E-state index is 0.310. The molecule has 0 amide bonds. The summed E-state index contributed by atoms with van der Waals surface area (Å²) in [5.74, 6) is 1.30. The van der Waals surface area contributed by atoms with Crippen LogP contribution in [0, 0.1) is 0 Å². The molecule has 80 valence electrons. The van der Waals surface area contributed by atoms with Gasteiger partial charge in [-0.3, -0.25) is 0 Å². The molecule has 2 rings (SSSR count). The Morgan fingerprint density at radius 3 is 2.80 bits per heavy atom. The van der Waals surface area contributed by atoms with Gasteiger partial charge in [-0.15, -0.1) is 0 Å². The molecule has 2 heterocycles. The average molecular weight is 206 g/mol. The van der Waals surface area contributed by atoms with E-state index in [0.717, 1.165) is 5.52 Å². The highest BCUT2D eigenvalue weighted by molar-refractivity contribution is 5.73. The molecule has 3 N–H and O–H groups in total. The second-order valence-electron chi connectivity index (χ2n) is 3.57. The summed E-state index contributed by atoms with van der Waals surface area (Å²) in [6.45, 7) is 4.08. The van der Waals surface area contributed by atoms with E-state index in [1.807, 2.05) is 13.8 Å². The van der Waals surface area contributed by atoms with Gasteiger partial charge in [0.05, 0.1) is 6.20 Å². The number of rotatable bonds is 3. The maximum Gasteiger partial charge on any atom is 0.225 e. The molecule has 0 aliphatic carbocycles. The van der Waals surface area contributed by atoms with Crippen LogP contribution >= 0.6 is 0 Å². The van der Waals surface area contributed by atoms with Crippen LogP contribution in [0.5, 0.6) is 0 Å². The molecule has 6 nitrogen and oxygen atoms in total. The zero-order valence-corrected chi connectivity index (χ0v) is 9.00. The van der Waals surface area contributed by atoms with Crippen molar-refractivity contribution in [1.29, 1.82) is 0 Å². The van der Waals surface area contributed by atoms with Crippen molar-refractivity contribution >= 4 is 23.1 Å².